The number of rotatable bonds is 7. The van der Waals surface area contributed by atoms with Crippen molar-refractivity contribution in [3.63, 3.8) is 0 Å². The third kappa shape index (κ3) is 4.65. The van der Waals surface area contributed by atoms with Gasteiger partial charge in [0.15, 0.2) is 5.76 Å². The highest BCUT2D eigenvalue weighted by atomic mass is 16.5. The predicted octanol–water partition coefficient (Wildman–Crippen LogP) is 2.39. The second-order valence-corrected chi connectivity index (χ2v) is 6.64. The molecule has 1 fully saturated rings. The fourth-order valence-electron chi connectivity index (χ4n) is 3.29. The molecule has 1 aromatic heterocycles. The number of furan rings is 1. The molecular weight excluding hydrogens is 332 g/mol. The smallest absolute Gasteiger partial charge is 0.287 e. The van der Waals surface area contributed by atoms with E-state index in [0.717, 1.165) is 43.8 Å². The lowest BCUT2D eigenvalue weighted by atomic mass is 9.99. The van der Waals surface area contributed by atoms with Crippen LogP contribution >= 0.6 is 0 Å². The van der Waals surface area contributed by atoms with Crippen LogP contribution in [0.4, 0.5) is 0 Å². The van der Waals surface area contributed by atoms with Gasteiger partial charge in [0.2, 0.25) is 0 Å². The Hall–Kier alpha value is -2.31. The summed E-state index contributed by atoms with van der Waals surface area (Å²) in [7, 11) is 1.62. The molecule has 140 valence electrons. The number of nitrogens with one attached hydrogen (secondary N) is 1. The van der Waals surface area contributed by atoms with Gasteiger partial charge >= 0.3 is 0 Å². The summed E-state index contributed by atoms with van der Waals surface area (Å²) in [5.41, 5.74) is 0.896. The van der Waals surface area contributed by atoms with Crippen molar-refractivity contribution in [1.82, 2.24) is 10.2 Å². The summed E-state index contributed by atoms with van der Waals surface area (Å²) in [6.07, 6.45) is 2.18. The Kier molecular flexibility index (Phi) is 6.30. The van der Waals surface area contributed by atoms with E-state index in [0.29, 0.717) is 24.0 Å². The predicted molar refractivity (Wildman–Crippen MR) is 99.3 cm³/mol. The molecule has 1 atom stereocenters. The zero-order valence-corrected chi connectivity index (χ0v) is 15.1. The number of carbonyl (C=O) groups excluding carboxylic acids is 1. The topological polar surface area (TPSA) is 74.9 Å². The van der Waals surface area contributed by atoms with Crippen molar-refractivity contribution in [3.05, 3.63) is 42.2 Å². The number of aliphatic hydroxyl groups is 1. The second kappa shape index (κ2) is 8.87. The summed E-state index contributed by atoms with van der Waals surface area (Å²) < 4.78 is 10.8. The van der Waals surface area contributed by atoms with E-state index in [1.54, 1.807) is 19.2 Å². The molecule has 1 saturated heterocycles. The highest BCUT2D eigenvalue weighted by Crippen LogP contribution is 2.24. The minimum Gasteiger partial charge on any atom is -0.497 e. The molecule has 2 aromatic rings. The Bertz CT molecular complexity index is 711. The van der Waals surface area contributed by atoms with Crippen molar-refractivity contribution < 1.29 is 19.1 Å². The van der Waals surface area contributed by atoms with Crippen LogP contribution in [0.1, 0.15) is 23.4 Å². The molecule has 6 nitrogen and oxygen atoms in total. The quantitative estimate of drug-likeness (QED) is 0.795. The van der Waals surface area contributed by atoms with Gasteiger partial charge in [0.05, 0.1) is 7.11 Å². The fourth-order valence-corrected chi connectivity index (χ4v) is 3.29. The summed E-state index contributed by atoms with van der Waals surface area (Å²) >= 11 is 0. The maximum Gasteiger partial charge on any atom is 0.287 e. The third-order valence-electron chi connectivity index (χ3n) is 4.78. The second-order valence-electron chi connectivity index (χ2n) is 6.64. The zero-order chi connectivity index (χ0) is 18.4. The Morgan fingerprint density at radius 2 is 2.12 bits per heavy atom. The molecule has 1 amide bonds. The number of piperidine rings is 1. The number of aliphatic hydroxyl groups excluding tert-OH is 1. The molecule has 1 aliphatic heterocycles. The van der Waals surface area contributed by atoms with Crippen LogP contribution in [0.5, 0.6) is 5.75 Å². The molecule has 26 heavy (non-hydrogen) atoms. The minimum absolute atomic E-state index is 0.208. The number of carbonyl (C=O) groups is 1. The van der Waals surface area contributed by atoms with Crippen molar-refractivity contribution in [2.24, 2.45) is 5.92 Å². The summed E-state index contributed by atoms with van der Waals surface area (Å²) in [6.45, 7) is 3.51. The van der Waals surface area contributed by atoms with Crippen LogP contribution in [0.15, 0.2) is 40.8 Å². The van der Waals surface area contributed by atoms with Crippen molar-refractivity contribution >= 4 is 5.91 Å². The van der Waals surface area contributed by atoms with E-state index in [-0.39, 0.29) is 12.5 Å². The van der Waals surface area contributed by atoms with Gasteiger partial charge in [0.1, 0.15) is 11.5 Å². The molecule has 6 heteroatoms. The zero-order valence-electron chi connectivity index (χ0n) is 15.1. The maximum absolute atomic E-state index is 12.3. The number of ether oxygens (including phenoxy) is 1. The SMILES string of the molecule is COc1ccc(-c2ccc(C(=O)NCCN3CCC[C@H](CO)C3)o2)cc1. The lowest BCUT2D eigenvalue weighted by Gasteiger charge is -2.31. The summed E-state index contributed by atoms with van der Waals surface area (Å²) in [6, 6.07) is 11.0. The molecule has 0 aliphatic carbocycles. The first-order valence-corrected chi connectivity index (χ1v) is 9.05. The van der Waals surface area contributed by atoms with Crippen molar-refractivity contribution in [2.45, 2.75) is 12.8 Å². The van der Waals surface area contributed by atoms with Crippen molar-refractivity contribution in [2.75, 3.05) is 39.9 Å². The number of methoxy groups -OCH3 is 1. The maximum atomic E-state index is 12.3. The first-order chi connectivity index (χ1) is 12.7. The van der Waals surface area contributed by atoms with E-state index in [1.807, 2.05) is 24.3 Å². The Balaban J connectivity index is 1.50. The van der Waals surface area contributed by atoms with E-state index in [2.05, 4.69) is 10.2 Å². The molecule has 2 N–H and O–H groups in total. The van der Waals surface area contributed by atoms with Gasteiger partial charge in [-0.15, -0.1) is 0 Å². The minimum atomic E-state index is -0.208. The van der Waals surface area contributed by atoms with Crippen LogP contribution in [-0.4, -0.2) is 55.8 Å². The molecular formula is C20H26N2O4. The van der Waals surface area contributed by atoms with Crippen molar-refractivity contribution in [1.29, 1.82) is 0 Å². The molecule has 0 unspecified atom stereocenters. The average Bonchev–Trinajstić information content (AvgIpc) is 3.18. The number of amides is 1. The van der Waals surface area contributed by atoms with Gasteiger partial charge in [-0.05, 0) is 61.7 Å². The fraction of sp³-hybridized carbons (Fsp3) is 0.450. The normalized spacial score (nSPS) is 17.8. The van der Waals surface area contributed by atoms with Crippen LogP contribution in [0, 0.1) is 5.92 Å². The highest BCUT2D eigenvalue weighted by Gasteiger charge is 2.19. The number of hydrogen-bond acceptors (Lipinski definition) is 5. The van der Waals surface area contributed by atoms with E-state index in [9.17, 15) is 9.90 Å². The molecule has 1 aliphatic rings. The monoisotopic (exact) mass is 358 g/mol. The first kappa shape index (κ1) is 18.5. The van der Waals surface area contributed by atoms with Crippen LogP contribution in [0.3, 0.4) is 0 Å². The standard InChI is InChI=1S/C20H26N2O4/c1-25-17-6-4-16(5-7-17)18-8-9-19(26-18)20(24)21-10-12-22-11-2-3-15(13-22)14-23/h4-9,15,23H,2-3,10-14H2,1H3,(H,21,24)/t15-/m0/s1. The van der Waals surface area contributed by atoms with Gasteiger partial charge in [-0.3, -0.25) is 4.79 Å². The number of benzene rings is 1. The Morgan fingerprint density at radius 3 is 2.85 bits per heavy atom. The summed E-state index contributed by atoms with van der Waals surface area (Å²) in [4.78, 5) is 14.6. The van der Waals surface area contributed by atoms with Gasteiger partial charge in [0.25, 0.3) is 5.91 Å². The van der Waals surface area contributed by atoms with Gasteiger partial charge in [-0.2, -0.15) is 0 Å². The Labute approximate surface area is 153 Å². The first-order valence-electron chi connectivity index (χ1n) is 9.05. The molecule has 1 aromatic carbocycles. The summed E-state index contributed by atoms with van der Waals surface area (Å²) in [5.74, 6) is 1.89. The number of nitrogens with zero attached hydrogens (tertiary/aromatic N) is 1. The van der Waals surface area contributed by atoms with Crippen LogP contribution in [0.2, 0.25) is 0 Å². The summed E-state index contributed by atoms with van der Waals surface area (Å²) in [5, 5.41) is 12.2. The van der Waals surface area contributed by atoms with Gasteiger partial charge < -0.3 is 24.5 Å². The van der Waals surface area contributed by atoms with Gasteiger partial charge in [-0.1, -0.05) is 0 Å². The Morgan fingerprint density at radius 1 is 1.31 bits per heavy atom. The van der Waals surface area contributed by atoms with E-state index in [1.165, 1.54) is 0 Å². The molecule has 3 rings (SSSR count). The van der Waals surface area contributed by atoms with E-state index >= 15 is 0 Å². The van der Waals surface area contributed by atoms with Gasteiger partial charge in [-0.25, -0.2) is 0 Å². The molecule has 0 bridgehead atoms. The molecule has 2 heterocycles. The number of hydrogen-bond donors (Lipinski definition) is 2. The molecule has 0 spiro atoms. The van der Waals surface area contributed by atoms with Crippen LogP contribution in [0.25, 0.3) is 11.3 Å². The highest BCUT2D eigenvalue weighted by molar-refractivity contribution is 5.92. The molecule has 0 radical (unpaired) electrons. The lowest BCUT2D eigenvalue weighted by molar-refractivity contribution is 0.0905. The van der Waals surface area contributed by atoms with Crippen LogP contribution < -0.4 is 10.1 Å². The van der Waals surface area contributed by atoms with Gasteiger partial charge in [0, 0.05) is 31.8 Å². The largest absolute Gasteiger partial charge is 0.497 e. The number of likely N-dealkylation sites (tertiary alicyclic amines) is 1. The van der Waals surface area contributed by atoms with Crippen molar-refractivity contribution in [3.8, 4) is 17.1 Å². The molecule has 0 saturated carbocycles. The third-order valence-corrected chi connectivity index (χ3v) is 4.78. The van der Waals surface area contributed by atoms with Crippen LogP contribution in [-0.2, 0) is 0 Å². The van der Waals surface area contributed by atoms with E-state index < -0.39 is 0 Å². The average molecular weight is 358 g/mol. The van der Waals surface area contributed by atoms with E-state index in [4.69, 9.17) is 9.15 Å². The lowest BCUT2D eigenvalue weighted by Crippen LogP contribution is -2.41.